The third-order valence-electron chi connectivity index (χ3n) is 5.43. The second-order valence-corrected chi connectivity index (χ2v) is 7.35. The molecule has 142 valence electrons. The summed E-state index contributed by atoms with van der Waals surface area (Å²) in [7, 11) is 0. The van der Waals surface area contributed by atoms with Crippen molar-refractivity contribution in [3.63, 3.8) is 0 Å². The van der Waals surface area contributed by atoms with Crippen molar-refractivity contribution in [2.24, 2.45) is 0 Å². The van der Waals surface area contributed by atoms with E-state index in [4.69, 9.17) is 0 Å². The molecule has 0 unspecified atom stereocenters. The fourth-order valence-corrected chi connectivity index (χ4v) is 3.83. The first-order chi connectivity index (χ1) is 13.1. The van der Waals surface area contributed by atoms with Crippen LogP contribution in [-0.2, 0) is 29.1 Å². The van der Waals surface area contributed by atoms with E-state index in [2.05, 4.69) is 40.0 Å². The molecule has 1 N–H and O–H groups in total. The molecule has 0 atom stereocenters. The van der Waals surface area contributed by atoms with Crippen LogP contribution in [0.2, 0.25) is 0 Å². The van der Waals surface area contributed by atoms with Crippen LogP contribution in [0.4, 0.5) is 0 Å². The molecule has 2 aliphatic heterocycles. The predicted molar refractivity (Wildman–Crippen MR) is 101 cm³/mol. The number of imidazole rings is 1. The highest BCUT2D eigenvalue weighted by atomic mass is 16.2. The maximum atomic E-state index is 12.7. The molecular weight excluding hydrogens is 342 g/mol. The van der Waals surface area contributed by atoms with E-state index in [-0.39, 0.29) is 11.8 Å². The number of amides is 2. The van der Waals surface area contributed by atoms with Gasteiger partial charge in [0.15, 0.2) is 0 Å². The number of carbonyl (C=O) groups excluding carboxylic acids is 2. The minimum atomic E-state index is -0.374. The fraction of sp³-hybridized carbons (Fsp3) is 0.450. The second-order valence-electron chi connectivity index (χ2n) is 7.35. The summed E-state index contributed by atoms with van der Waals surface area (Å²) in [5.74, 6) is 0.178. The van der Waals surface area contributed by atoms with Gasteiger partial charge in [-0.15, -0.1) is 0 Å². The fourth-order valence-electron chi connectivity index (χ4n) is 3.83. The van der Waals surface area contributed by atoms with Crippen molar-refractivity contribution in [2.45, 2.75) is 26.4 Å². The lowest BCUT2D eigenvalue weighted by Crippen LogP contribution is -2.53. The number of hydrogen-bond acceptors (Lipinski definition) is 4. The maximum absolute atomic E-state index is 12.7. The summed E-state index contributed by atoms with van der Waals surface area (Å²) in [6.07, 6.45) is 4.37. The Kier molecular flexibility index (Phi) is 4.94. The molecule has 7 nitrogen and oxygen atoms in total. The molecule has 0 spiro atoms. The Morgan fingerprint density at radius 2 is 1.81 bits per heavy atom. The number of aromatic nitrogens is 2. The number of aryl methyl sites for hydroxylation is 1. The van der Waals surface area contributed by atoms with Gasteiger partial charge >= 0.3 is 11.8 Å². The number of benzene rings is 1. The van der Waals surface area contributed by atoms with E-state index in [9.17, 15) is 9.59 Å². The average Bonchev–Trinajstić information content (AvgIpc) is 3.20. The van der Waals surface area contributed by atoms with Gasteiger partial charge in [-0.25, -0.2) is 4.98 Å². The van der Waals surface area contributed by atoms with Gasteiger partial charge in [0.2, 0.25) is 0 Å². The number of aromatic amines is 1. The zero-order valence-corrected chi connectivity index (χ0v) is 15.6. The predicted octanol–water partition coefficient (Wildman–Crippen LogP) is 0.947. The highest BCUT2D eigenvalue weighted by molar-refractivity contribution is 6.34. The summed E-state index contributed by atoms with van der Waals surface area (Å²) in [5.41, 5.74) is 3.67. The molecule has 2 aliphatic rings. The summed E-state index contributed by atoms with van der Waals surface area (Å²) in [6, 6.07) is 6.31. The Hall–Kier alpha value is -2.67. The van der Waals surface area contributed by atoms with Gasteiger partial charge in [0.05, 0.1) is 6.54 Å². The number of H-pyrrole nitrogens is 1. The Labute approximate surface area is 159 Å². The number of nitrogens with zero attached hydrogens (tertiary/aromatic N) is 4. The number of hydrogen-bond donors (Lipinski definition) is 1. The number of carbonyl (C=O) groups is 2. The highest BCUT2D eigenvalue weighted by Gasteiger charge is 2.31. The van der Waals surface area contributed by atoms with Gasteiger partial charge in [0, 0.05) is 51.7 Å². The van der Waals surface area contributed by atoms with Gasteiger partial charge in [0.25, 0.3) is 0 Å². The molecule has 1 saturated heterocycles. The second kappa shape index (κ2) is 7.52. The molecule has 0 saturated carbocycles. The van der Waals surface area contributed by atoms with Gasteiger partial charge in [-0.05, 0) is 24.5 Å². The van der Waals surface area contributed by atoms with E-state index < -0.39 is 0 Å². The first kappa shape index (κ1) is 17.7. The van der Waals surface area contributed by atoms with Crippen LogP contribution in [0.1, 0.15) is 22.5 Å². The van der Waals surface area contributed by atoms with E-state index in [1.54, 1.807) is 16.0 Å². The summed E-state index contributed by atoms with van der Waals surface area (Å²) < 4.78 is 0. The smallest absolute Gasteiger partial charge is 0.312 e. The third kappa shape index (κ3) is 3.88. The van der Waals surface area contributed by atoms with Crippen molar-refractivity contribution in [3.05, 3.63) is 53.1 Å². The van der Waals surface area contributed by atoms with Crippen LogP contribution in [0.5, 0.6) is 0 Å². The summed E-state index contributed by atoms with van der Waals surface area (Å²) in [5, 5.41) is 0. The largest absolute Gasteiger partial charge is 0.348 e. The quantitative estimate of drug-likeness (QED) is 0.802. The molecular formula is C20H25N5O2. The average molecular weight is 367 g/mol. The Morgan fingerprint density at radius 3 is 2.56 bits per heavy atom. The molecule has 1 aromatic carbocycles. The van der Waals surface area contributed by atoms with E-state index in [0.717, 1.165) is 37.4 Å². The molecule has 7 heteroatoms. The van der Waals surface area contributed by atoms with Gasteiger partial charge in [-0.1, -0.05) is 23.8 Å². The minimum Gasteiger partial charge on any atom is -0.348 e. The van der Waals surface area contributed by atoms with Crippen LogP contribution in [-0.4, -0.2) is 69.2 Å². The topological polar surface area (TPSA) is 72.5 Å². The highest BCUT2D eigenvalue weighted by Crippen LogP contribution is 2.20. The van der Waals surface area contributed by atoms with Gasteiger partial charge in [-0.2, -0.15) is 0 Å². The van der Waals surface area contributed by atoms with Crippen molar-refractivity contribution >= 4 is 11.8 Å². The standard InChI is InChI=1S/C20H25N5O2/c1-15-2-3-17-13-25(7-4-16(17)12-15)20(27)19(26)24-10-8-23(9-11-24)14-18-21-5-6-22-18/h2-3,5-6,12H,4,7-11,13-14H2,1H3,(H,21,22). The molecule has 0 aliphatic carbocycles. The van der Waals surface area contributed by atoms with Crippen molar-refractivity contribution in [1.82, 2.24) is 24.7 Å². The molecule has 1 aromatic heterocycles. The van der Waals surface area contributed by atoms with Crippen molar-refractivity contribution in [3.8, 4) is 0 Å². The molecule has 0 bridgehead atoms. The minimum absolute atomic E-state index is 0.372. The van der Waals surface area contributed by atoms with Gasteiger partial charge in [-0.3, -0.25) is 14.5 Å². The molecule has 1 fully saturated rings. The van der Waals surface area contributed by atoms with Crippen LogP contribution >= 0.6 is 0 Å². The zero-order chi connectivity index (χ0) is 18.8. The van der Waals surface area contributed by atoms with E-state index in [0.29, 0.717) is 26.2 Å². The van der Waals surface area contributed by atoms with Crippen molar-refractivity contribution in [1.29, 1.82) is 0 Å². The van der Waals surface area contributed by atoms with Crippen molar-refractivity contribution < 1.29 is 9.59 Å². The molecule has 27 heavy (non-hydrogen) atoms. The Morgan fingerprint density at radius 1 is 1.04 bits per heavy atom. The van der Waals surface area contributed by atoms with Crippen LogP contribution in [0.15, 0.2) is 30.6 Å². The lowest BCUT2D eigenvalue weighted by Gasteiger charge is -2.35. The normalized spacial score (nSPS) is 17.7. The monoisotopic (exact) mass is 367 g/mol. The lowest BCUT2D eigenvalue weighted by molar-refractivity contribution is -0.153. The van der Waals surface area contributed by atoms with E-state index in [1.807, 2.05) is 6.20 Å². The first-order valence-corrected chi connectivity index (χ1v) is 9.47. The third-order valence-corrected chi connectivity index (χ3v) is 5.43. The number of rotatable bonds is 2. The van der Waals surface area contributed by atoms with Crippen LogP contribution in [0.25, 0.3) is 0 Å². The molecule has 0 radical (unpaired) electrons. The Bertz CT molecular complexity index is 825. The van der Waals surface area contributed by atoms with Crippen LogP contribution < -0.4 is 0 Å². The molecule has 3 heterocycles. The van der Waals surface area contributed by atoms with Crippen molar-refractivity contribution in [2.75, 3.05) is 32.7 Å². The molecule has 2 aromatic rings. The van der Waals surface area contributed by atoms with E-state index >= 15 is 0 Å². The SMILES string of the molecule is Cc1ccc2c(c1)CCN(C(=O)C(=O)N1CCN(Cc3ncc[nH]3)CC1)C2. The van der Waals surface area contributed by atoms with Gasteiger partial charge in [0.1, 0.15) is 5.82 Å². The lowest BCUT2D eigenvalue weighted by atomic mass is 9.97. The first-order valence-electron chi connectivity index (χ1n) is 9.47. The summed E-state index contributed by atoms with van der Waals surface area (Å²) >= 11 is 0. The summed E-state index contributed by atoms with van der Waals surface area (Å²) in [4.78, 5) is 38.4. The number of piperazine rings is 1. The number of nitrogens with one attached hydrogen (secondary N) is 1. The molecule has 2 amide bonds. The van der Waals surface area contributed by atoms with Gasteiger partial charge < -0.3 is 14.8 Å². The zero-order valence-electron chi connectivity index (χ0n) is 15.6. The van der Waals surface area contributed by atoms with Crippen LogP contribution in [0.3, 0.4) is 0 Å². The number of fused-ring (bicyclic) bond motifs is 1. The Balaban J connectivity index is 1.32. The summed E-state index contributed by atoms with van der Waals surface area (Å²) in [6.45, 7) is 6.61. The maximum Gasteiger partial charge on any atom is 0.312 e. The van der Waals surface area contributed by atoms with Crippen LogP contribution in [0, 0.1) is 6.92 Å². The van der Waals surface area contributed by atoms with E-state index in [1.165, 1.54) is 11.1 Å². The molecule has 4 rings (SSSR count).